The molecule has 0 aliphatic rings. The van der Waals surface area contributed by atoms with Crippen LogP contribution in [0.15, 0.2) is 29.2 Å². The zero-order chi connectivity index (χ0) is 13.1. The molecule has 0 saturated heterocycles. The van der Waals surface area contributed by atoms with Crippen molar-refractivity contribution in [3.8, 4) is 0 Å². The second-order valence-electron chi connectivity index (χ2n) is 5.16. The predicted octanol–water partition coefficient (Wildman–Crippen LogP) is 3.94. The molecule has 0 saturated carbocycles. The van der Waals surface area contributed by atoms with E-state index in [0.29, 0.717) is 0 Å². The van der Waals surface area contributed by atoms with E-state index >= 15 is 0 Å². The van der Waals surface area contributed by atoms with Crippen molar-refractivity contribution in [3.05, 3.63) is 24.3 Å². The number of amides is 1. The standard InChI is InChI=1S/C13H19NO2S/c1-13(2,3)9-17-11-8-6-5-7-10(11)14(4)12(15)16/h5-8H,9H2,1-4H3,(H,15,16). The second kappa shape index (κ2) is 5.45. The van der Waals surface area contributed by atoms with Gasteiger partial charge in [-0.25, -0.2) is 4.79 Å². The summed E-state index contributed by atoms with van der Waals surface area (Å²) in [5, 5.41) is 9.00. The lowest BCUT2D eigenvalue weighted by Gasteiger charge is -2.21. The van der Waals surface area contributed by atoms with Crippen LogP contribution in [0.25, 0.3) is 0 Å². The molecule has 0 radical (unpaired) electrons. The van der Waals surface area contributed by atoms with Crippen molar-refractivity contribution in [1.82, 2.24) is 0 Å². The van der Waals surface area contributed by atoms with Gasteiger partial charge < -0.3 is 5.11 Å². The van der Waals surface area contributed by atoms with Gasteiger partial charge in [-0.1, -0.05) is 32.9 Å². The van der Waals surface area contributed by atoms with Crippen molar-refractivity contribution in [1.29, 1.82) is 0 Å². The molecule has 0 aliphatic heterocycles. The maximum Gasteiger partial charge on any atom is 0.411 e. The highest BCUT2D eigenvalue weighted by molar-refractivity contribution is 7.99. The second-order valence-corrected chi connectivity index (χ2v) is 6.18. The molecule has 1 amide bonds. The first-order valence-electron chi connectivity index (χ1n) is 5.50. The van der Waals surface area contributed by atoms with Crippen LogP contribution in [0.1, 0.15) is 20.8 Å². The third-order valence-corrected chi connectivity index (χ3v) is 3.84. The lowest BCUT2D eigenvalue weighted by Crippen LogP contribution is -2.24. The number of hydrogen-bond acceptors (Lipinski definition) is 2. The van der Waals surface area contributed by atoms with Crippen LogP contribution in [0.2, 0.25) is 0 Å². The SMILES string of the molecule is CN(C(=O)O)c1ccccc1SCC(C)(C)C. The summed E-state index contributed by atoms with van der Waals surface area (Å²) in [7, 11) is 1.57. The fraction of sp³-hybridized carbons (Fsp3) is 0.462. The van der Waals surface area contributed by atoms with Crippen LogP contribution in [-0.4, -0.2) is 24.0 Å². The Kier molecular flexibility index (Phi) is 4.46. The summed E-state index contributed by atoms with van der Waals surface area (Å²) < 4.78 is 0. The van der Waals surface area contributed by atoms with Crippen molar-refractivity contribution < 1.29 is 9.90 Å². The number of para-hydroxylation sites is 1. The molecule has 0 aliphatic carbocycles. The van der Waals surface area contributed by atoms with Gasteiger partial charge in [0.15, 0.2) is 0 Å². The van der Waals surface area contributed by atoms with Gasteiger partial charge in [-0.3, -0.25) is 4.90 Å². The predicted molar refractivity (Wildman–Crippen MR) is 73.0 cm³/mol. The highest BCUT2D eigenvalue weighted by Crippen LogP contribution is 2.33. The molecule has 1 aromatic carbocycles. The van der Waals surface area contributed by atoms with Gasteiger partial charge in [0.1, 0.15) is 0 Å². The molecular formula is C13H19NO2S. The minimum atomic E-state index is -0.936. The summed E-state index contributed by atoms with van der Waals surface area (Å²) in [6.45, 7) is 6.51. The van der Waals surface area contributed by atoms with E-state index in [0.717, 1.165) is 16.3 Å². The Balaban J connectivity index is 2.89. The Bertz CT molecular complexity index is 399. The Morgan fingerprint density at radius 1 is 1.35 bits per heavy atom. The van der Waals surface area contributed by atoms with Crippen LogP contribution in [0.3, 0.4) is 0 Å². The number of nitrogens with zero attached hydrogens (tertiary/aromatic N) is 1. The number of anilines is 1. The van der Waals surface area contributed by atoms with Crippen molar-refractivity contribution >= 4 is 23.5 Å². The molecule has 0 bridgehead atoms. The minimum Gasteiger partial charge on any atom is -0.465 e. The minimum absolute atomic E-state index is 0.222. The molecule has 1 rings (SSSR count). The van der Waals surface area contributed by atoms with E-state index < -0.39 is 6.09 Å². The van der Waals surface area contributed by atoms with E-state index in [9.17, 15) is 4.79 Å². The molecule has 0 spiro atoms. The fourth-order valence-corrected chi connectivity index (χ4v) is 2.37. The number of benzene rings is 1. The Hall–Kier alpha value is -1.16. The summed E-state index contributed by atoms with van der Waals surface area (Å²) in [5.41, 5.74) is 0.966. The first-order valence-corrected chi connectivity index (χ1v) is 6.48. The van der Waals surface area contributed by atoms with E-state index in [2.05, 4.69) is 20.8 Å². The summed E-state index contributed by atoms with van der Waals surface area (Å²) in [6.07, 6.45) is -0.936. The number of carbonyl (C=O) groups is 1. The van der Waals surface area contributed by atoms with Crippen LogP contribution in [-0.2, 0) is 0 Å². The van der Waals surface area contributed by atoms with Crippen molar-refractivity contribution in [2.45, 2.75) is 25.7 Å². The smallest absolute Gasteiger partial charge is 0.411 e. The molecule has 1 N–H and O–H groups in total. The normalized spacial score (nSPS) is 11.3. The van der Waals surface area contributed by atoms with E-state index in [-0.39, 0.29) is 5.41 Å². The first kappa shape index (κ1) is 13.9. The summed E-state index contributed by atoms with van der Waals surface area (Å²) >= 11 is 1.69. The average molecular weight is 253 g/mol. The number of hydrogen-bond donors (Lipinski definition) is 1. The van der Waals surface area contributed by atoms with E-state index in [4.69, 9.17) is 5.11 Å². The molecule has 0 fully saturated rings. The molecule has 0 heterocycles. The molecule has 4 heteroatoms. The van der Waals surface area contributed by atoms with E-state index in [1.165, 1.54) is 4.90 Å². The van der Waals surface area contributed by atoms with E-state index in [1.807, 2.05) is 24.3 Å². The van der Waals surface area contributed by atoms with Gasteiger partial charge in [0.2, 0.25) is 0 Å². The highest BCUT2D eigenvalue weighted by atomic mass is 32.2. The number of carboxylic acid groups (broad SMARTS) is 1. The van der Waals surface area contributed by atoms with Gasteiger partial charge in [-0.15, -0.1) is 11.8 Å². The van der Waals surface area contributed by atoms with Crippen molar-refractivity contribution in [2.75, 3.05) is 17.7 Å². The molecule has 0 aromatic heterocycles. The van der Waals surface area contributed by atoms with Crippen LogP contribution in [0, 0.1) is 5.41 Å². The Morgan fingerprint density at radius 3 is 2.47 bits per heavy atom. The molecule has 3 nitrogen and oxygen atoms in total. The molecular weight excluding hydrogens is 234 g/mol. The third-order valence-electron chi connectivity index (χ3n) is 2.17. The van der Waals surface area contributed by atoms with Crippen LogP contribution in [0.4, 0.5) is 10.5 Å². The summed E-state index contributed by atoms with van der Waals surface area (Å²) in [4.78, 5) is 13.2. The van der Waals surface area contributed by atoms with Gasteiger partial charge in [0.25, 0.3) is 0 Å². The Labute approximate surface area is 107 Å². The van der Waals surface area contributed by atoms with E-state index in [1.54, 1.807) is 18.8 Å². The van der Waals surface area contributed by atoms with Gasteiger partial charge in [0.05, 0.1) is 5.69 Å². The quantitative estimate of drug-likeness (QED) is 0.829. The topological polar surface area (TPSA) is 40.5 Å². The fourth-order valence-electron chi connectivity index (χ4n) is 1.25. The molecule has 94 valence electrons. The Morgan fingerprint density at radius 2 is 1.94 bits per heavy atom. The average Bonchev–Trinajstić information content (AvgIpc) is 2.24. The zero-order valence-corrected chi connectivity index (χ0v) is 11.5. The van der Waals surface area contributed by atoms with Gasteiger partial charge in [0, 0.05) is 17.7 Å². The lowest BCUT2D eigenvalue weighted by molar-refractivity contribution is 0.203. The molecule has 0 atom stereocenters. The monoisotopic (exact) mass is 253 g/mol. The van der Waals surface area contributed by atoms with Crippen LogP contribution < -0.4 is 4.90 Å². The maximum absolute atomic E-state index is 11.0. The van der Waals surface area contributed by atoms with Crippen LogP contribution >= 0.6 is 11.8 Å². The largest absolute Gasteiger partial charge is 0.465 e. The number of thioether (sulfide) groups is 1. The van der Waals surface area contributed by atoms with Crippen molar-refractivity contribution in [2.24, 2.45) is 5.41 Å². The summed E-state index contributed by atoms with van der Waals surface area (Å²) in [5.74, 6) is 0.956. The molecule has 1 aromatic rings. The summed E-state index contributed by atoms with van der Waals surface area (Å²) in [6, 6.07) is 7.59. The number of rotatable bonds is 3. The molecule has 17 heavy (non-hydrogen) atoms. The first-order chi connectivity index (χ1) is 7.81. The third kappa shape index (κ3) is 4.30. The zero-order valence-electron chi connectivity index (χ0n) is 10.7. The van der Waals surface area contributed by atoms with Crippen LogP contribution in [0.5, 0.6) is 0 Å². The highest BCUT2D eigenvalue weighted by Gasteiger charge is 2.16. The van der Waals surface area contributed by atoms with Gasteiger partial charge in [-0.05, 0) is 17.5 Å². The molecule has 0 unspecified atom stereocenters. The van der Waals surface area contributed by atoms with Gasteiger partial charge >= 0.3 is 6.09 Å². The van der Waals surface area contributed by atoms with Gasteiger partial charge in [-0.2, -0.15) is 0 Å². The lowest BCUT2D eigenvalue weighted by atomic mass is 10.0. The van der Waals surface area contributed by atoms with Crippen molar-refractivity contribution in [3.63, 3.8) is 0 Å². The maximum atomic E-state index is 11.0.